The van der Waals surface area contributed by atoms with Crippen LogP contribution in [-0.2, 0) is 16.1 Å². The SMILES string of the molecule is O=C(c1ccccc1)C1C(c2ccccc2)C(C(=O)NCc2ccc(F)cc2)N(C(=O)C2CC2)C1c1ccccc1. The van der Waals surface area contributed by atoms with Crippen molar-refractivity contribution in [1.29, 1.82) is 0 Å². The van der Waals surface area contributed by atoms with Gasteiger partial charge in [0.1, 0.15) is 11.9 Å². The van der Waals surface area contributed by atoms with Gasteiger partial charge in [0.2, 0.25) is 11.8 Å². The summed E-state index contributed by atoms with van der Waals surface area (Å²) in [4.78, 5) is 44.5. The van der Waals surface area contributed by atoms with E-state index in [2.05, 4.69) is 5.32 Å². The fourth-order valence-corrected chi connectivity index (χ4v) is 6.10. The fraction of sp³-hybridized carbons (Fsp3) is 0.229. The Morgan fingerprint density at radius 1 is 0.732 bits per heavy atom. The summed E-state index contributed by atoms with van der Waals surface area (Å²) in [5.74, 6) is -2.30. The summed E-state index contributed by atoms with van der Waals surface area (Å²) < 4.78 is 13.5. The standard InChI is InChI=1S/C35H31FN2O3/c36-28-20-16-23(17-21-28)22-37-34(40)32-29(24-10-4-1-5-11-24)30(33(39)26-14-8-3-9-15-26)31(25-12-6-2-7-13-25)38(32)35(41)27-18-19-27/h1-17,20-21,27,29-32H,18-19,22H2,(H,37,40). The van der Waals surface area contributed by atoms with E-state index in [9.17, 15) is 18.8 Å². The summed E-state index contributed by atoms with van der Waals surface area (Å²) in [5.41, 5.74) is 2.94. The van der Waals surface area contributed by atoms with Crippen molar-refractivity contribution >= 4 is 17.6 Å². The predicted octanol–water partition coefficient (Wildman–Crippen LogP) is 6.09. The zero-order valence-electron chi connectivity index (χ0n) is 22.5. The fourth-order valence-electron chi connectivity index (χ4n) is 6.10. The Morgan fingerprint density at radius 2 is 1.29 bits per heavy atom. The van der Waals surface area contributed by atoms with E-state index >= 15 is 0 Å². The van der Waals surface area contributed by atoms with E-state index in [1.807, 2.05) is 78.9 Å². The third-order valence-corrected chi connectivity index (χ3v) is 8.18. The Hall–Kier alpha value is -4.58. The van der Waals surface area contributed by atoms with Crippen molar-refractivity contribution in [3.63, 3.8) is 0 Å². The van der Waals surface area contributed by atoms with Crippen LogP contribution in [0.1, 0.15) is 51.8 Å². The molecule has 1 aliphatic heterocycles. The van der Waals surface area contributed by atoms with Gasteiger partial charge in [0, 0.05) is 23.9 Å². The predicted molar refractivity (Wildman–Crippen MR) is 154 cm³/mol. The first-order valence-corrected chi connectivity index (χ1v) is 14.1. The molecule has 4 unspecified atom stereocenters. The van der Waals surface area contributed by atoms with E-state index in [-0.39, 0.29) is 35.9 Å². The van der Waals surface area contributed by atoms with Crippen LogP contribution in [0.4, 0.5) is 4.39 Å². The second-order valence-electron chi connectivity index (χ2n) is 10.9. The minimum absolute atomic E-state index is 0.0925. The quantitative estimate of drug-likeness (QED) is 0.272. The molecule has 4 atom stereocenters. The summed E-state index contributed by atoms with van der Waals surface area (Å²) in [5, 5.41) is 3.01. The Labute approximate surface area is 239 Å². The number of hydrogen-bond acceptors (Lipinski definition) is 3. The number of amides is 2. The lowest BCUT2D eigenvalue weighted by Gasteiger charge is -2.32. The van der Waals surface area contributed by atoms with Crippen LogP contribution in [0.15, 0.2) is 115 Å². The van der Waals surface area contributed by atoms with Crippen molar-refractivity contribution in [3.8, 4) is 0 Å². The van der Waals surface area contributed by atoms with Gasteiger partial charge in [0.15, 0.2) is 5.78 Å². The first kappa shape index (κ1) is 26.6. The highest BCUT2D eigenvalue weighted by Gasteiger charge is 2.58. The Morgan fingerprint density at radius 3 is 1.88 bits per heavy atom. The maximum Gasteiger partial charge on any atom is 0.243 e. The molecule has 0 aromatic heterocycles. The normalized spacial score (nSPS) is 21.8. The van der Waals surface area contributed by atoms with Crippen molar-refractivity contribution < 1.29 is 18.8 Å². The van der Waals surface area contributed by atoms with Gasteiger partial charge in [-0.25, -0.2) is 4.39 Å². The van der Waals surface area contributed by atoms with E-state index in [0.29, 0.717) is 5.56 Å². The van der Waals surface area contributed by atoms with Crippen LogP contribution in [0.3, 0.4) is 0 Å². The molecular formula is C35H31FN2O3. The molecule has 5 nitrogen and oxygen atoms in total. The van der Waals surface area contributed by atoms with E-state index in [1.54, 1.807) is 29.2 Å². The van der Waals surface area contributed by atoms with Crippen LogP contribution in [0.2, 0.25) is 0 Å². The van der Waals surface area contributed by atoms with Gasteiger partial charge in [-0.1, -0.05) is 103 Å². The topological polar surface area (TPSA) is 66.5 Å². The molecule has 6 heteroatoms. The third kappa shape index (κ3) is 5.42. The van der Waals surface area contributed by atoms with Crippen molar-refractivity contribution in [1.82, 2.24) is 10.2 Å². The minimum Gasteiger partial charge on any atom is -0.350 e. The van der Waals surface area contributed by atoms with Crippen molar-refractivity contribution in [2.45, 2.75) is 37.4 Å². The molecule has 1 N–H and O–H groups in total. The number of ketones is 1. The number of nitrogens with zero attached hydrogens (tertiary/aromatic N) is 1. The largest absolute Gasteiger partial charge is 0.350 e. The second-order valence-corrected chi connectivity index (χ2v) is 10.9. The molecule has 41 heavy (non-hydrogen) atoms. The second kappa shape index (κ2) is 11.5. The van der Waals surface area contributed by atoms with Crippen molar-refractivity contribution in [2.75, 3.05) is 0 Å². The van der Waals surface area contributed by atoms with Crippen LogP contribution in [0, 0.1) is 17.7 Å². The summed E-state index contributed by atoms with van der Waals surface area (Å²) in [6, 6.07) is 32.7. The van der Waals surface area contributed by atoms with Gasteiger partial charge in [-0.2, -0.15) is 0 Å². The zero-order chi connectivity index (χ0) is 28.3. The molecule has 4 aromatic carbocycles. The van der Waals surface area contributed by atoms with E-state index in [1.165, 1.54) is 12.1 Å². The molecule has 1 aliphatic carbocycles. The summed E-state index contributed by atoms with van der Waals surface area (Å²) in [6.07, 6.45) is 1.54. The van der Waals surface area contributed by atoms with Gasteiger partial charge in [-0.05, 0) is 41.7 Å². The molecule has 0 bridgehead atoms. The van der Waals surface area contributed by atoms with Crippen LogP contribution in [0.5, 0.6) is 0 Å². The molecule has 1 heterocycles. The maximum absolute atomic E-state index is 14.4. The first-order valence-electron chi connectivity index (χ1n) is 14.1. The van der Waals surface area contributed by atoms with Crippen LogP contribution in [0.25, 0.3) is 0 Å². The molecule has 4 aromatic rings. The molecular weight excluding hydrogens is 515 g/mol. The molecule has 2 fully saturated rings. The molecule has 0 spiro atoms. The zero-order valence-corrected chi connectivity index (χ0v) is 22.5. The molecule has 2 amide bonds. The summed E-state index contributed by atoms with van der Waals surface area (Å²) in [6.45, 7) is 0.176. The number of carbonyl (C=O) groups excluding carboxylic acids is 3. The van der Waals surface area contributed by atoms with Crippen LogP contribution in [-0.4, -0.2) is 28.5 Å². The van der Waals surface area contributed by atoms with Gasteiger partial charge in [0.05, 0.1) is 12.0 Å². The average molecular weight is 547 g/mol. The number of rotatable bonds is 8. The highest BCUT2D eigenvalue weighted by atomic mass is 19.1. The monoisotopic (exact) mass is 546 g/mol. The number of nitrogens with one attached hydrogen (secondary N) is 1. The van der Waals surface area contributed by atoms with Crippen molar-refractivity contribution in [3.05, 3.63) is 143 Å². The lowest BCUT2D eigenvalue weighted by Crippen LogP contribution is -2.49. The lowest BCUT2D eigenvalue weighted by atomic mass is 9.76. The van der Waals surface area contributed by atoms with Gasteiger partial charge >= 0.3 is 0 Å². The molecule has 0 radical (unpaired) electrons. The average Bonchev–Trinajstić information content (AvgIpc) is 3.81. The molecule has 1 saturated heterocycles. The number of Topliss-reactive ketones (excluding diaryl/α,β-unsaturated/α-hetero) is 1. The number of likely N-dealkylation sites (tertiary alicyclic amines) is 1. The number of halogens is 1. The first-order chi connectivity index (χ1) is 20.0. The van der Waals surface area contributed by atoms with Gasteiger partial charge in [-0.3, -0.25) is 14.4 Å². The van der Waals surface area contributed by atoms with E-state index in [4.69, 9.17) is 0 Å². The van der Waals surface area contributed by atoms with Crippen LogP contribution >= 0.6 is 0 Å². The minimum atomic E-state index is -0.909. The van der Waals surface area contributed by atoms with Gasteiger partial charge < -0.3 is 10.2 Å². The van der Waals surface area contributed by atoms with Crippen molar-refractivity contribution in [2.24, 2.45) is 11.8 Å². The third-order valence-electron chi connectivity index (χ3n) is 8.18. The lowest BCUT2D eigenvalue weighted by molar-refractivity contribution is -0.142. The van der Waals surface area contributed by atoms with Gasteiger partial charge in [0.25, 0.3) is 0 Å². The maximum atomic E-state index is 14.4. The summed E-state index contributed by atoms with van der Waals surface area (Å²) in [7, 11) is 0. The Balaban J connectivity index is 1.49. The molecule has 6 rings (SSSR count). The number of benzene rings is 4. The smallest absolute Gasteiger partial charge is 0.243 e. The van der Waals surface area contributed by atoms with Crippen LogP contribution < -0.4 is 5.32 Å². The Kier molecular flexibility index (Phi) is 7.47. The highest BCUT2D eigenvalue weighted by Crippen LogP contribution is 2.53. The van der Waals surface area contributed by atoms with Gasteiger partial charge in [-0.15, -0.1) is 0 Å². The van der Waals surface area contributed by atoms with E-state index < -0.39 is 23.9 Å². The highest BCUT2D eigenvalue weighted by molar-refractivity contribution is 6.02. The molecule has 1 saturated carbocycles. The molecule has 2 aliphatic rings. The summed E-state index contributed by atoms with van der Waals surface area (Å²) >= 11 is 0. The Bertz CT molecular complexity index is 1520. The number of carbonyl (C=O) groups is 3. The molecule has 206 valence electrons. The number of hydrogen-bond donors (Lipinski definition) is 1. The van der Waals surface area contributed by atoms with E-state index in [0.717, 1.165) is 29.5 Å².